The maximum atomic E-state index is 9.04. The first-order chi connectivity index (χ1) is 7.04. The largest absolute Gasteiger partial charge is 0.299 e. The van der Waals surface area contributed by atoms with Crippen molar-refractivity contribution in [2.75, 3.05) is 13.1 Å². The van der Waals surface area contributed by atoms with Crippen LogP contribution in [0.15, 0.2) is 5.11 Å². The molecule has 0 aromatic carbocycles. The van der Waals surface area contributed by atoms with Gasteiger partial charge >= 0.3 is 0 Å². The monoisotopic (exact) mass is 209 g/mol. The van der Waals surface area contributed by atoms with Crippen LogP contribution in [0, 0.1) is 17.2 Å². The Hall–Kier alpha value is -1.24. The lowest BCUT2D eigenvalue weighted by Gasteiger charge is -2.23. The van der Waals surface area contributed by atoms with Gasteiger partial charge in [0.2, 0.25) is 0 Å². The molecule has 0 saturated heterocycles. The van der Waals surface area contributed by atoms with E-state index < -0.39 is 5.54 Å². The molecular weight excluding hydrogens is 190 g/mol. The summed E-state index contributed by atoms with van der Waals surface area (Å²) >= 11 is 0. The van der Waals surface area contributed by atoms with Crippen molar-refractivity contribution >= 4 is 0 Å². The van der Waals surface area contributed by atoms with E-state index in [4.69, 9.17) is 10.8 Å². The van der Waals surface area contributed by atoms with E-state index >= 15 is 0 Å². The molecule has 0 aliphatic rings. The summed E-state index contributed by atoms with van der Waals surface area (Å²) in [5.74, 6) is 0.594. The third kappa shape index (κ3) is 6.78. The molecule has 15 heavy (non-hydrogen) atoms. The molecule has 0 heterocycles. The summed E-state index contributed by atoms with van der Waals surface area (Å²) in [6, 6.07) is 2.26. The lowest BCUT2D eigenvalue weighted by atomic mass is 9.93. The molecule has 0 aliphatic carbocycles. The highest BCUT2D eigenvalue weighted by atomic mass is 15.1. The van der Waals surface area contributed by atoms with Crippen LogP contribution < -0.4 is 5.32 Å². The molecule has 0 bridgehead atoms. The fourth-order valence-electron chi connectivity index (χ4n) is 1.19. The Bertz CT molecular complexity index is 261. The number of rotatable bonds is 7. The number of nitriles is 1. The van der Waals surface area contributed by atoms with E-state index in [2.05, 4.69) is 35.3 Å². The average Bonchev–Trinajstić information content (AvgIpc) is 2.22. The average molecular weight is 209 g/mol. The van der Waals surface area contributed by atoms with Gasteiger partial charge in [0, 0.05) is 18.0 Å². The van der Waals surface area contributed by atoms with Gasteiger partial charge in [-0.2, -0.15) is 5.26 Å². The van der Waals surface area contributed by atoms with Gasteiger partial charge in [-0.15, -0.1) is 0 Å². The Kier molecular flexibility index (Phi) is 6.52. The fraction of sp³-hybridized carbons (Fsp3) is 0.900. The maximum absolute atomic E-state index is 9.04. The molecule has 1 N–H and O–H groups in total. The molecule has 0 amide bonds. The van der Waals surface area contributed by atoms with E-state index in [0.717, 1.165) is 12.8 Å². The molecule has 0 rings (SSSR count). The number of nitrogens with one attached hydrogen (secondary N) is 1. The summed E-state index contributed by atoms with van der Waals surface area (Å²) in [5.41, 5.74) is 7.59. The van der Waals surface area contributed by atoms with Gasteiger partial charge in [0.25, 0.3) is 0 Å². The van der Waals surface area contributed by atoms with Crippen LogP contribution in [0.3, 0.4) is 0 Å². The van der Waals surface area contributed by atoms with E-state index in [-0.39, 0.29) is 0 Å². The van der Waals surface area contributed by atoms with Crippen LogP contribution in [0.5, 0.6) is 0 Å². The van der Waals surface area contributed by atoms with Gasteiger partial charge < -0.3 is 0 Å². The van der Waals surface area contributed by atoms with E-state index in [9.17, 15) is 0 Å². The number of hydrogen-bond acceptors (Lipinski definition) is 3. The molecule has 0 aromatic rings. The van der Waals surface area contributed by atoms with Gasteiger partial charge in [0.15, 0.2) is 0 Å². The third-order valence-electron chi connectivity index (χ3n) is 2.26. The Morgan fingerprint density at radius 3 is 2.73 bits per heavy atom. The second-order valence-corrected chi connectivity index (χ2v) is 4.26. The van der Waals surface area contributed by atoms with Crippen LogP contribution in [-0.4, -0.2) is 18.6 Å². The minimum absolute atomic E-state index is 0.384. The molecule has 1 unspecified atom stereocenters. The van der Waals surface area contributed by atoms with E-state index in [0.29, 0.717) is 19.0 Å². The Morgan fingerprint density at radius 2 is 2.27 bits per heavy atom. The molecular formula is C10H19N5. The number of nitrogens with zero attached hydrogens (tertiary/aromatic N) is 4. The summed E-state index contributed by atoms with van der Waals surface area (Å²) in [6.45, 7) is 7.09. The first-order valence-corrected chi connectivity index (χ1v) is 5.21. The van der Waals surface area contributed by atoms with Gasteiger partial charge in [-0.1, -0.05) is 19.0 Å². The Morgan fingerprint density at radius 1 is 1.60 bits per heavy atom. The zero-order valence-electron chi connectivity index (χ0n) is 9.69. The first-order valence-electron chi connectivity index (χ1n) is 5.21. The van der Waals surface area contributed by atoms with Gasteiger partial charge in [-0.05, 0) is 31.2 Å². The van der Waals surface area contributed by atoms with Gasteiger partial charge in [0.05, 0.1) is 6.07 Å². The topological polar surface area (TPSA) is 84.6 Å². The van der Waals surface area contributed by atoms with Crippen molar-refractivity contribution in [1.29, 1.82) is 5.26 Å². The lowest BCUT2D eigenvalue weighted by molar-refractivity contribution is 0.382. The Labute approximate surface area is 91.1 Å². The van der Waals surface area contributed by atoms with Crippen molar-refractivity contribution in [2.45, 2.75) is 39.2 Å². The van der Waals surface area contributed by atoms with Gasteiger partial charge in [-0.25, -0.2) is 0 Å². The molecule has 0 radical (unpaired) electrons. The summed E-state index contributed by atoms with van der Waals surface area (Å²) in [4.78, 5) is 2.66. The van der Waals surface area contributed by atoms with Crippen LogP contribution in [0.1, 0.15) is 33.6 Å². The predicted molar refractivity (Wildman–Crippen MR) is 60.1 cm³/mol. The summed E-state index contributed by atoms with van der Waals surface area (Å²) in [7, 11) is 0. The van der Waals surface area contributed by atoms with Crippen LogP contribution >= 0.6 is 0 Å². The second-order valence-electron chi connectivity index (χ2n) is 4.26. The molecule has 0 fully saturated rings. The van der Waals surface area contributed by atoms with Crippen molar-refractivity contribution < 1.29 is 0 Å². The van der Waals surface area contributed by atoms with Crippen LogP contribution in [0.2, 0.25) is 0 Å². The summed E-state index contributed by atoms with van der Waals surface area (Å²) < 4.78 is 0. The first kappa shape index (κ1) is 13.8. The maximum Gasteiger partial charge on any atom is 0.103 e. The zero-order valence-corrected chi connectivity index (χ0v) is 9.69. The summed E-state index contributed by atoms with van der Waals surface area (Å²) in [6.07, 6.45) is 1.83. The minimum Gasteiger partial charge on any atom is -0.299 e. The highest BCUT2D eigenvalue weighted by molar-refractivity contribution is 5.03. The predicted octanol–water partition coefficient (Wildman–Crippen LogP) is 2.60. The fourth-order valence-corrected chi connectivity index (χ4v) is 1.19. The van der Waals surface area contributed by atoms with Crippen LogP contribution in [0.4, 0.5) is 0 Å². The van der Waals surface area contributed by atoms with Crippen LogP contribution in [-0.2, 0) is 0 Å². The number of azide groups is 1. The highest BCUT2D eigenvalue weighted by Crippen LogP contribution is 2.15. The quantitative estimate of drug-likeness (QED) is 0.302. The van der Waals surface area contributed by atoms with Crippen LogP contribution in [0.25, 0.3) is 10.4 Å². The molecule has 5 nitrogen and oxygen atoms in total. The molecule has 0 saturated carbocycles. The standard InChI is InChI=1S/C10H19N5/c1-9(2)4-5-10(3,8-11)13-6-7-14-15-12/h9,13H,4-7H2,1-3H3. The van der Waals surface area contributed by atoms with Crippen molar-refractivity contribution in [3.63, 3.8) is 0 Å². The molecule has 0 spiro atoms. The zero-order chi connectivity index (χ0) is 11.7. The number of hydrogen-bond donors (Lipinski definition) is 1. The van der Waals surface area contributed by atoms with Crippen molar-refractivity contribution in [3.05, 3.63) is 10.4 Å². The Balaban J connectivity index is 3.97. The second kappa shape index (κ2) is 7.10. The lowest BCUT2D eigenvalue weighted by Crippen LogP contribution is -2.42. The minimum atomic E-state index is -0.505. The van der Waals surface area contributed by atoms with Crippen molar-refractivity contribution in [2.24, 2.45) is 11.0 Å². The molecule has 84 valence electrons. The van der Waals surface area contributed by atoms with Gasteiger partial charge in [-0.3, -0.25) is 5.32 Å². The van der Waals surface area contributed by atoms with E-state index in [1.807, 2.05) is 6.92 Å². The SMILES string of the molecule is CC(C)CCC(C)(C#N)NCCN=[N+]=[N-]. The van der Waals surface area contributed by atoms with Crippen molar-refractivity contribution in [1.82, 2.24) is 5.32 Å². The molecule has 0 aromatic heterocycles. The molecule has 0 aliphatic heterocycles. The normalized spacial score (nSPS) is 14.1. The molecule has 1 atom stereocenters. The highest BCUT2D eigenvalue weighted by Gasteiger charge is 2.22. The van der Waals surface area contributed by atoms with E-state index in [1.54, 1.807) is 0 Å². The van der Waals surface area contributed by atoms with Crippen molar-refractivity contribution in [3.8, 4) is 6.07 Å². The van der Waals surface area contributed by atoms with E-state index in [1.165, 1.54) is 0 Å². The van der Waals surface area contributed by atoms with Gasteiger partial charge in [0.1, 0.15) is 5.54 Å². The smallest absolute Gasteiger partial charge is 0.103 e. The molecule has 5 heteroatoms. The summed E-state index contributed by atoms with van der Waals surface area (Å²) in [5, 5.41) is 15.6. The third-order valence-corrected chi connectivity index (χ3v) is 2.26.